The van der Waals surface area contributed by atoms with Gasteiger partial charge in [-0.15, -0.1) is 0 Å². The maximum Gasteiger partial charge on any atom is 0.418 e. The van der Waals surface area contributed by atoms with E-state index in [1.807, 2.05) is 0 Å². The molecule has 1 N–H and O–H groups in total. The van der Waals surface area contributed by atoms with Crippen molar-refractivity contribution in [2.45, 2.75) is 44.4 Å². The zero-order valence-electron chi connectivity index (χ0n) is 21.5. The molecule has 0 unspecified atom stereocenters. The van der Waals surface area contributed by atoms with Gasteiger partial charge in [0.15, 0.2) is 10.8 Å². The highest BCUT2D eigenvalue weighted by Gasteiger charge is 2.59. The van der Waals surface area contributed by atoms with E-state index in [1.165, 1.54) is 24.1 Å². The monoisotopic (exact) mass is 569 g/mol. The topological polar surface area (TPSA) is 61.9 Å². The first-order valence-corrected chi connectivity index (χ1v) is 12.7. The Morgan fingerprint density at radius 1 is 1.15 bits per heavy atom. The van der Waals surface area contributed by atoms with E-state index in [4.69, 9.17) is 18.8 Å². The molecular formula is C28H23F4N5O2S. The summed E-state index contributed by atoms with van der Waals surface area (Å²) in [6.07, 6.45) is -0.997. The van der Waals surface area contributed by atoms with Crippen molar-refractivity contribution in [3.63, 3.8) is 0 Å². The van der Waals surface area contributed by atoms with Gasteiger partial charge in [-0.2, -0.15) is 13.2 Å². The van der Waals surface area contributed by atoms with E-state index < -0.39 is 34.6 Å². The van der Waals surface area contributed by atoms with Crippen LogP contribution in [0.15, 0.2) is 48.8 Å². The molecule has 5 rings (SSSR count). The molecule has 1 spiro atoms. The standard InChI is InChI=1S/C28H23F4N5O2S/c1-16-11-18(7-8-23(16)33-2)36-25(39)27(9-4-10-27)37(26(36)40)19-6-5-17(22(29)12-19)13-34-24(38)20-14-35(3)15-21(20)28(30,31)32/h5-8,11-12,14-15H,4,9-10,13H2,1,3H3,(H,34,38). The van der Waals surface area contributed by atoms with Crippen molar-refractivity contribution in [1.29, 1.82) is 0 Å². The molecule has 0 bridgehead atoms. The van der Waals surface area contributed by atoms with Crippen LogP contribution in [0.5, 0.6) is 0 Å². The van der Waals surface area contributed by atoms with Crippen molar-refractivity contribution < 1.29 is 27.2 Å². The minimum Gasteiger partial charge on any atom is -0.356 e. The van der Waals surface area contributed by atoms with Crippen molar-refractivity contribution in [1.82, 2.24) is 9.88 Å². The summed E-state index contributed by atoms with van der Waals surface area (Å²) in [5.41, 5.74) is -0.500. The van der Waals surface area contributed by atoms with Gasteiger partial charge in [0.1, 0.15) is 11.4 Å². The predicted molar refractivity (Wildman–Crippen MR) is 145 cm³/mol. The lowest BCUT2D eigenvalue weighted by Crippen LogP contribution is -2.55. The van der Waals surface area contributed by atoms with Crippen molar-refractivity contribution in [2.75, 3.05) is 9.80 Å². The van der Waals surface area contributed by atoms with Crippen LogP contribution in [-0.4, -0.2) is 27.0 Å². The number of alkyl halides is 3. The molecule has 12 heteroatoms. The minimum atomic E-state index is -4.71. The third-order valence-electron chi connectivity index (χ3n) is 7.39. The molecule has 2 heterocycles. The average molecular weight is 570 g/mol. The number of nitrogens with zero attached hydrogens (tertiary/aromatic N) is 4. The Hall–Kier alpha value is -4.24. The largest absolute Gasteiger partial charge is 0.418 e. The van der Waals surface area contributed by atoms with Gasteiger partial charge in [0.25, 0.3) is 11.8 Å². The molecule has 1 saturated carbocycles. The van der Waals surface area contributed by atoms with Crippen molar-refractivity contribution >= 4 is 46.2 Å². The number of thiocarbonyl (C=S) groups is 1. The molecule has 2 fully saturated rings. The quantitative estimate of drug-likeness (QED) is 0.232. The van der Waals surface area contributed by atoms with Crippen LogP contribution in [0.25, 0.3) is 4.85 Å². The van der Waals surface area contributed by atoms with Crippen LogP contribution in [0, 0.1) is 19.3 Å². The van der Waals surface area contributed by atoms with Gasteiger partial charge in [0, 0.05) is 42.9 Å². The molecule has 2 aliphatic rings. The molecule has 0 atom stereocenters. The predicted octanol–water partition coefficient (Wildman–Crippen LogP) is 6.03. The second-order valence-corrected chi connectivity index (χ2v) is 10.3. The van der Waals surface area contributed by atoms with E-state index in [-0.39, 0.29) is 23.1 Å². The maximum absolute atomic E-state index is 15.3. The highest BCUT2D eigenvalue weighted by atomic mass is 32.1. The summed E-state index contributed by atoms with van der Waals surface area (Å²) in [6, 6.07) is 9.20. The van der Waals surface area contributed by atoms with E-state index in [1.54, 1.807) is 36.1 Å². The Balaban J connectivity index is 1.39. The third-order valence-corrected chi connectivity index (χ3v) is 7.76. The molecular weight excluding hydrogens is 546 g/mol. The van der Waals surface area contributed by atoms with Crippen LogP contribution in [-0.2, 0) is 24.6 Å². The number of halogens is 4. The molecule has 3 aromatic rings. The van der Waals surface area contributed by atoms with Gasteiger partial charge >= 0.3 is 6.18 Å². The smallest absolute Gasteiger partial charge is 0.356 e. The van der Waals surface area contributed by atoms with Crippen LogP contribution in [0.4, 0.5) is 34.6 Å². The van der Waals surface area contributed by atoms with Crippen molar-refractivity contribution in [3.8, 4) is 0 Å². The summed E-state index contributed by atoms with van der Waals surface area (Å²) in [4.78, 5) is 32.7. The van der Waals surface area contributed by atoms with Crippen LogP contribution in [0.3, 0.4) is 0 Å². The first-order valence-electron chi connectivity index (χ1n) is 12.3. The summed E-state index contributed by atoms with van der Waals surface area (Å²) in [7, 11) is 1.37. The Morgan fingerprint density at radius 2 is 1.85 bits per heavy atom. The first kappa shape index (κ1) is 27.3. The number of carbonyl (C=O) groups excluding carboxylic acids is 2. The Bertz CT molecular complexity index is 1600. The Kier molecular flexibility index (Phi) is 6.66. The number of nitrogens with one attached hydrogen (secondary N) is 1. The van der Waals surface area contributed by atoms with Crippen LogP contribution in [0.1, 0.15) is 46.3 Å². The zero-order valence-corrected chi connectivity index (χ0v) is 22.3. The van der Waals surface area contributed by atoms with E-state index in [0.29, 0.717) is 35.5 Å². The summed E-state index contributed by atoms with van der Waals surface area (Å²) in [5.74, 6) is -1.91. The number of anilines is 2. The van der Waals surface area contributed by atoms with Crippen molar-refractivity contribution in [3.05, 3.63) is 88.3 Å². The Morgan fingerprint density at radius 3 is 2.42 bits per heavy atom. The number of carbonyl (C=O) groups is 2. The molecule has 1 aliphatic carbocycles. The maximum atomic E-state index is 15.3. The lowest BCUT2D eigenvalue weighted by atomic mass is 9.75. The average Bonchev–Trinajstić information content (AvgIpc) is 3.38. The molecule has 40 heavy (non-hydrogen) atoms. The molecule has 0 radical (unpaired) electrons. The van der Waals surface area contributed by atoms with E-state index in [0.717, 1.165) is 23.4 Å². The van der Waals surface area contributed by atoms with Gasteiger partial charge in [0.05, 0.1) is 17.7 Å². The van der Waals surface area contributed by atoms with Crippen LogP contribution >= 0.6 is 12.2 Å². The van der Waals surface area contributed by atoms with Gasteiger partial charge in [-0.3, -0.25) is 14.5 Å². The zero-order chi connectivity index (χ0) is 29.0. The number of rotatable bonds is 5. The van der Waals surface area contributed by atoms with Gasteiger partial charge in [-0.1, -0.05) is 12.1 Å². The number of hydrogen-bond donors (Lipinski definition) is 1. The van der Waals surface area contributed by atoms with Crippen LogP contribution < -0.4 is 15.1 Å². The van der Waals surface area contributed by atoms with Crippen LogP contribution in [0.2, 0.25) is 0 Å². The molecule has 1 aliphatic heterocycles. The highest BCUT2D eigenvalue weighted by molar-refractivity contribution is 7.81. The lowest BCUT2D eigenvalue weighted by Gasteiger charge is -2.43. The van der Waals surface area contributed by atoms with Gasteiger partial charge in [-0.25, -0.2) is 9.24 Å². The summed E-state index contributed by atoms with van der Waals surface area (Å²) in [6.45, 7) is 8.69. The molecule has 1 saturated heterocycles. The summed E-state index contributed by atoms with van der Waals surface area (Å²) >= 11 is 5.71. The molecule has 206 valence electrons. The van der Waals surface area contributed by atoms with Gasteiger partial charge in [0.2, 0.25) is 0 Å². The highest BCUT2D eigenvalue weighted by Crippen LogP contribution is 2.48. The second-order valence-electron chi connectivity index (χ2n) is 9.93. The molecule has 2 aromatic carbocycles. The van der Waals surface area contributed by atoms with E-state index in [9.17, 15) is 22.8 Å². The fourth-order valence-corrected chi connectivity index (χ4v) is 5.66. The third kappa shape index (κ3) is 4.40. The van der Waals surface area contributed by atoms with E-state index in [2.05, 4.69) is 10.2 Å². The molecule has 7 nitrogen and oxygen atoms in total. The second kappa shape index (κ2) is 9.75. The summed E-state index contributed by atoms with van der Waals surface area (Å²) in [5, 5.41) is 2.54. The summed E-state index contributed by atoms with van der Waals surface area (Å²) < 4.78 is 56.2. The SMILES string of the molecule is [C-]#[N+]c1ccc(N2C(=O)C3(CCC3)N(c3ccc(CNC(=O)c4cn(C)cc4C(F)(F)F)c(F)c3)C2=S)cc1C. The van der Waals surface area contributed by atoms with Gasteiger partial charge in [-0.05, 0) is 68.2 Å². The van der Waals surface area contributed by atoms with E-state index >= 15 is 4.39 Å². The molecule has 1 aromatic heterocycles. The fraction of sp³-hybridized carbons (Fsp3) is 0.286. The first-order chi connectivity index (χ1) is 18.9. The fourth-order valence-electron chi connectivity index (χ4n) is 5.19. The normalized spacial score (nSPS) is 16.3. The lowest BCUT2D eigenvalue weighted by molar-refractivity contribution is -0.137. The number of benzene rings is 2. The number of amides is 2. The minimum absolute atomic E-state index is 0.0582. The van der Waals surface area contributed by atoms with Gasteiger partial charge < -0.3 is 14.8 Å². The number of hydrogen-bond acceptors (Lipinski definition) is 3. The number of aromatic nitrogens is 1. The molecule has 2 amide bonds. The number of aryl methyl sites for hydroxylation is 2. The Labute approximate surface area is 232 Å². The van der Waals surface area contributed by atoms with Crippen molar-refractivity contribution in [2.24, 2.45) is 7.05 Å².